The monoisotopic (exact) mass is 335 g/mol. The number of fused-ring (bicyclic) bond motifs is 1. The first-order valence-electron chi connectivity index (χ1n) is 8.86. The van der Waals surface area contributed by atoms with Gasteiger partial charge in [-0.15, -0.1) is 0 Å². The Morgan fingerprint density at radius 2 is 1.60 bits per heavy atom. The van der Waals surface area contributed by atoms with Gasteiger partial charge in [0, 0.05) is 11.3 Å². The minimum Gasteiger partial charge on any atom is -0.481 e. The summed E-state index contributed by atoms with van der Waals surface area (Å²) in [5.74, 6) is -1.62. The van der Waals surface area contributed by atoms with Crippen LogP contribution >= 0.6 is 0 Å². The van der Waals surface area contributed by atoms with Crippen LogP contribution < -0.4 is 4.90 Å². The van der Waals surface area contributed by atoms with E-state index in [1.807, 2.05) is 42.5 Å². The second-order valence-electron chi connectivity index (χ2n) is 7.00. The van der Waals surface area contributed by atoms with Gasteiger partial charge in [-0.3, -0.25) is 9.59 Å². The fourth-order valence-electron chi connectivity index (χ4n) is 4.68. The first-order valence-corrected chi connectivity index (χ1v) is 8.86. The molecule has 1 spiro atoms. The molecular weight excluding hydrogens is 314 g/mol. The van der Waals surface area contributed by atoms with Gasteiger partial charge >= 0.3 is 5.97 Å². The van der Waals surface area contributed by atoms with Crippen molar-refractivity contribution in [2.45, 2.75) is 43.6 Å². The zero-order chi connectivity index (χ0) is 17.4. The van der Waals surface area contributed by atoms with E-state index in [9.17, 15) is 14.7 Å². The molecule has 4 rings (SSSR count). The number of hydrogen-bond donors (Lipinski definition) is 1. The summed E-state index contributed by atoms with van der Waals surface area (Å²) >= 11 is 0. The predicted molar refractivity (Wildman–Crippen MR) is 95.9 cm³/mol. The number of carboxylic acids is 1. The molecule has 1 aliphatic carbocycles. The summed E-state index contributed by atoms with van der Waals surface area (Å²) in [4.78, 5) is 27.5. The van der Waals surface area contributed by atoms with Crippen molar-refractivity contribution in [1.82, 2.24) is 0 Å². The number of amides is 1. The number of benzene rings is 2. The van der Waals surface area contributed by atoms with Crippen molar-refractivity contribution < 1.29 is 14.7 Å². The van der Waals surface area contributed by atoms with Crippen LogP contribution in [-0.4, -0.2) is 22.5 Å². The minimum absolute atomic E-state index is 0.0822. The van der Waals surface area contributed by atoms with Gasteiger partial charge in [-0.1, -0.05) is 55.7 Å². The summed E-state index contributed by atoms with van der Waals surface area (Å²) in [5.41, 5.74) is 1.27. The number of rotatable bonds is 2. The molecule has 0 bridgehead atoms. The number of carboxylic acid groups (broad SMARTS) is 1. The van der Waals surface area contributed by atoms with Crippen LogP contribution in [0.1, 0.15) is 53.9 Å². The van der Waals surface area contributed by atoms with Gasteiger partial charge in [0.05, 0.1) is 5.54 Å². The van der Waals surface area contributed by atoms with Gasteiger partial charge in [0.15, 0.2) is 0 Å². The largest absolute Gasteiger partial charge is 0.481 e. The van der Waals surface area contributed by atoms with Gasteiger partial charge in [0.25, 0.3) is 5.91 Å². The highest BCUT2D eigenvalue weighted by Crippen LogP contribution is 2.50. The lowest BCUT2D eigenvalue weighted by molar-refractivity contribution is -0.141. The molecule has 128 valence electrons. The molecule has 2 aromatic rings. The third-order valence-corrected chi connectivity index (χ3v) is 5.67. The number of carbonyl (C=O) groups excluding carboxylic acids is 1. The molecule has 4 nitrogen and oxygen atoms in total. The van der Waals surface area contributed by atoms with Crippen LogP contribution in [0.2, 0.25) is 0 Å². The molecule has 1 aliphatic heterocycles. The van der Waals surface area contributed by atoms with E-state index in [0.29, 0.717) is 11.1 Å². The summed E-state index contributed by atoms with van der Waals surface area (Å²) in [6, 6.07) is 16.7. The number of aliphatic carboxylic acids is 1. The highest BCUT2D eigenvalue weighted by molar-refractivity contribution is 6.11. The Morgan fingerprint density at radius 3 is 2.28 bits per heavy atom. The lowest BCUT2D eigenvalue weighted by Gasteiger charge is -2.52. The topological polar surface area (TPSA) is 57.6 Å². The average Bonchev–Trinajstić information content (AvgIpc) is 2.63. The Balaban J connectivity index is 1.98. The standard InChI is InChI=1S/C21H21NO3/c23-19-17-12-6-5-11-16(17)18(20(24)25)21(13-7-2-8-14-21)22(19)15-9-3-1-4-10-15/h1,3-6,9-12,18H,2,7-8,13-14H2,(H,24,25)/t18-/m0/s1. The Bertz CT molecular complexity index is 809. The Hall–Kier alpha value is -2.62. The van der Waals surface area contributed by atoms with Crippen LogP contribution in [-0.2, 0) is 4.79 Å². The zero-order valence-electron chi connectivity index (χ0n) is 14.0. The normalized spacial score (nSPS) is 21.8. The van der Waals surface area contributed by atoms with E-state index in [2.05, 4.69) is 0 Å². The summed E-state index contributed by atoms with van der Waals surface area (Å²) in [7, 11) is 0. The van der Waals surface area contributed by atoms with E-state index in [-0.39, 0.29) is 5.91 Å². The molecule has 2 aromatic carbocycles. The molecule has 0 aromatic heterocycles. The quantitative estimate of drug-likeness (QED) is 0.894. The van der Waals surface area contributed by atoms with Crippen molar-refractivity contribution in [3.63, 3.8) is 0 Å². The third-order valence-electron chi connectivity index (χ3n) is 5.67. The molecule has 0 radical (unpaired) electrons. The van der Waals surface area contributed by atoms with Gasteiger partial charge in [0.1, 0.15) is 5.92 Å². The van der Waals surface area contributed by atoms with Gasteiger partial charge in [-0.2, -0.15) is 0 Å². The van der Waals surface area contributed by atoms with Crippen molar-refractivity contribution in [2.75, 3.05) is 4.90 Å². The molecule has 1 N–H and O–H groups in total. The van der Waals surface area contributed by atoms with E-state index >= 15 is 0 Å². The molecule has 1 fully saturated rings. The Morgan fingerprint density at radius 1 is 0.960 bits per heavy atom. The van der Waals surface area contributed by atoms with Crippen LogP contribution in [0.5, 0.6) is 0 Å². The Kier molecular flexibility index (Phi) is 3.83. The highest BCUT2D eigenvalue weighted by Gasteiger charge is 2.55. The molecular formula is C21H21NO3. The first kappa shape index (κ1) is 15.9. The molecule has 1 amide bonds. The number of nitrogens with zero attached hydrogens (tertiary/aromatic N) is 1. The van der Waals surface area contributed by atoms with Gasteiger partial charge in [-0.05, 0) is 36.6 Å². The molecule has 2 aliphatic rings. The van der Waals surface area contributed by atoms with E-state index in [4.69, 9.17) is 0 Å². The summed E-state index contributed by atoms with van der Waals surface area (Å²) in [6.07, 6.45) is 4.43. The third kappa shape index (κ3) is 2.36. The maximum absolute atomic E-state index is 13.4. The average molecular weight is 335 g/mol. The SMILES string of the molecule is O=C(O)[C@@H]1c2ccccc2C(=O)N(c2ccccc2)C12CCCCC2. The molecule has 1 heterocycles. The first-order chi connectivity index (χ1) is 12.1. The number of carbonyl (C=O) groups is 2. The Labute approximate surface area is 147 Å². The van der Waals surface area contributed by atoms with Crippen molar-refractivity contribution in [1.29, 1.82) is 0 Å². The fourth-order valence-corrected chi connectivity index (χ4v) is 4.68. The predicted octanol–water partition coefficient (Wildman–Crippen LogP) is 4.22. The van der Waals surface area contributed by atoms with Crippen molar-refractivity contribution in [3.05, 3.63) is 65.7 Å². The molecule has 4 heteroatoms. The van der Waals surface area contributed by atoms with Crippen molar-refractivity contribution >= 4 is 17.6 Å². The molecule has 1 atom stereocenters. The lowest BCUT2D eigenvalue weighted by atomic mass is 9.65. The zero-order valence-corrected chi connectivity index (χ0v) is 14.0. The van der Waals surface area contributed by atoms with E-state index in [1.54, 1.807) is 17.0 Å². The maximum Gasteiger partial charge on any atom is 0.313 e. The molecule has 0 saturated heterocycles. The molecule has 25 heavy (non-hydrogen) atoms. The summed E-state index contributed by atoms with van der Waals surface area (Å²) < 4.78 is 0. The fraction of sp³-hybridized carbons (Fsp3) is 0.333. The van der Waals surface area contributed by atoms with Crippen LogP contribution in [0.25, 0.3) is 0 Å². The van der Waals surface area contributed by atoms with Crippen LogP contribution in [0.15, 0.2) is 54.6 Å². The lowest BCUT2D eigenvalue weighted by Crippen LogP contribution is -2.61. The second kappa shape index (κ2) is 6.03. The van der Waals surface area contributed by atoms with E-state index < -0.39 is 17.4 Å². The molecule has 0 unspecified atom stereocenters. The van der Waals surface area contributed by atoms with Crippen LogP contribution in [0.4, 0.5) is 5.69 Å². The highest BCUT2D eigenvalue weighted by atomic mass is 16.4. The van der Waals surface area contributed by atoms with Gasteiger partial charge in [0.2, 0.25) is 0 Å². The molecule has 1 saturated carbocycles. The van der Waals surface area contributed by atoms with Crippen LogP contribution in [0.3, 0.4) is 0 Å². The minimum atomic E-state index is -0.845. The van der Waals surface area contributed by atoms with Crippen LogP contribution in [0, 0.1) is 0 Å². The van der Waals surface area contributed by atoms with E-state index in [0.717, 1.165) is 37.8 Å². The van der Waals surface area contributed by atoms with Gasteiger partial charge in [-0.25, -0.2) is 0 Å². The maximum atomic E-state index is 13.4. The number of hydrogen-bond acceptors (Lipinski definition) is 2. The van der Waals surface area contributed by atoms with E-state index in [1.165, 1.54) is 0 Å². The number of anilines is 1. The smallest absolute Gasteiger partial charge is 0.313 e. The number of para-hydroxylation sites is 1. The van der Waals surface area contributed by atoms with Crippen molar-refractivity contribution in [2.24, 2.45) is 0 Å². The summed E-state index contributed by atoms with van der Waals surface area (Å²) in [6.45, 7) is 0. The summed E-state index contributed by atoms with van der Waals surface area (Å²) in [5, 5.41) is 10.1. The second-order valence-corrected chi connectivity index (χ2v) is 7.00. The van der Waals surface area contributed by atoms with Crippen molar-refractivity contribution in [3.8, 4) is 0 Å². The van der Waals surface area contributed by atoms with Gasteiger partial charge < -0.3 is 10.0 Å².